The van der Waals surface area contributed by atoms with Crippen molar-refractivity contribution in [3.8, 4) is 0 Å². The first kappa shape index (κ1) is 72.6. The lowest BCUT2D eigenvalue weighted by molar-refractivity contribution is 0.157. The number of nitrogens with zero attached hydrogens (tertiary/aromatic N) is 1. The van der Waals surface area contributed by atoms with Crippen molar-refractivity contribution in [1.29, 1.82) is 0 Å². The topological polar surface area (TPSA) is 3.24 Å². The van der Waals surface area contributed by atoms with Gasteiger partial charge in [0.2, 0.25) is 6.71 Å². The highest BCUT2D eigenvalue weighted by molar-refractivity contribution is 7.13. The summed E-state index contributed by atoms with van der Waals surface area (Å²) in [5, 5.41) is 4.77. The number of para-hydroxylation sites is 2. The summed E-state index contributed by atoms with van der Waals surface area (Å²) in [6.45, 7) is 65.2. The van der Waals surface area contributed by atoms with Crippen LogP contribution in [-0.4, -0.2) is 20.3 Å². The number of anilines is 2. The van der Waals surface area contributed by atoms with E-state index in [0.29, 0.717) is 23.0 Å². The van der Waals surface area contributed by atoms with Gasteiger partial charge in [-0.25, -0.2) is 0 Å². The van der Waals surface area contributed by atoms with Crippen molar-refractivity contribution in [1.82, 2.24) is 0 Å². The van der Waals surface area contributed by atoms with E-state index in [0.717, 1.165) is 0 Å². The highest BCUT2D eigenvalue weighted by Gasteiger charge is 2.49. The lowest BCUT2D eigenvalue weighted by Gasteiger charge is -2.44. The molecule has 0 aliphatic rings. The van der Waals surface area contributed by atoms with Gasteiger partial charge in [0.05, 0.1) is 0 Å². The molecule has 0 aliphatic carbocycles. The number of hydrogen-bond donors (Lipinski definition) is 0. The molecule has 7 aromatic carbocycles. The van der Waals surface area contributed by atoms with Crippen LogP contribution < -0.4 is 31.4 Å². The lowest BCUT2D eigenvalue weighted by atomic mass is 9.26. The first-order valence-corrected chi connectivity index (χ1v) is 32.1. The SMILES string of the molecule is CC.CC.CC(C)(C)C.CC(C)(C)C(C)(C)C.CC(C)(C)N(c1ccccc1)c1ccccc1.CC(C)(C)[Si](c1ccccc1)(c1ccccc1)c1ccccc1.Cc1cc(C)c(B(c2c(C)cc(C)cc2C)C(C)(C)C)c(C)c1. The van der Waals surface area contributed by atoms with Crippen LogP contribution in [0, 0.1) is 57.8 Å². The summed E-state index contributed by atoms with van der Waals surface area (Å²) in [6.07, 6.45) is 0. The first-order chi connectivity index (χ1) is 36.9. The summed E-state index contributed by atoms with van der Waals surface area (Å²) in [4.78, 5) is 2.35. The second-order valence-corrected chi connectivity index (χ2v) is 32.9. The van der Waals surface area contributed by atoms with Gasteiger partial charge in [-0.05, 0) is 123 Å². The lowest BCUT2D eigenvalue weighted by Crippen LogP contribution is -2.72. The Bertz CT molecular complexity index is 2530. The summed E-state index contributed by atoms with van der Waals surface area (Å²) in [5.74, 6) is 0. The zero-order valence-corrected chi connectivity index (χ0v) is 57.8. The van der Waals surface area contributed by atoms with Crippen LogP contribution in [0.25, 0.3) is 0 Å². The molecule has 7 rings (SSSR count). The molecule has 0 atom stereocenters. The zero-order valence-electron chi connectivity index (χ0n) is 56.8. The predicted octanol–water partition coefficient (Wildman–Crippen LogP) is 20.7. The molecular weight excluding hydrogens is 978 g/mol. The Labute approximate surface area is 497 Å². The molecule has 0 aromatic heterocycles. The van der Waals surface area contributed by atoms with Crippen LogP contribution in [-0.2, 0) is 0 Å². The molecule has 80 heavy (non-hydrogen) atoms. The van der Waals surface area contributed by atoms with Gasteiger partial charge in [0.1, 0.15) is 0 Å². The van der Waals surface area contributed by atoms with Gasteiger partial charge in [-0.15, -0.1) is 0 Å². The predicted molar refractivity (Wildman–Crippen MR) is 371 cm³/mol. The maximum Gasteiger partial charge on any atom is 0.216 e. The van der Waals surface area contributed by atoms with Gasteiger partial charge in [0.25, 0.3) is 0 Å². The van der Waals surface area contributed by atoms with E-state index in [1.807, 2.05) is 27.7 Å². The summed E-state index contributed by atoms with van der Waals surface area (Å²) in [6, 6.07) is 63.7. The van der Waals surface area contributed by atoms with Crippen LogP contribution in [0.3, 0.4) is 0 Å². The second-order valence-electron chi connectivity index (χ2n) is 28.2. The van der Waals surface area contributed by atoms with Crippen LogP contribution in [0.15, 0.2) is 176 Å². The van der Waals surface area contributed by atoms with Gasteiger partial charge in [0.15, 0.2) is 8.07 Å². The summed E-state index contributed by atoms with van der Waals surface area (Å²) >= 11 is 0. The standard InChI is InChI=1S/C22H31B.C22H24Si.C16H19N.C8H18.C5H12.2C2H6/c1-14-10-16(3)20(17(4)11-14)23(22(7,8)9)21-18(5)12-15(2)13-19(21)6;1-22(2,3)23(19-13-7-4-8-14-19,20-15-9-5-10-16-20)21-17-11-6-12-18-21;1-16(2,3)17(14-10-6-4-7-11-14)15-12-8-5-9-13-15;1-7(2,3)8(4,5)6;1-5(2,3)4;2*1-2/h10-13H,1-9H3;4-18H,1-3H3;4-13H,1-3H3;1-6H3;1-4H3;2*1-2H3. The largest absolute Gasteiger partial charge is 0.336 e. The molecule has 436 valence electrons. The summed E-state index contributed by atoms with van der Waals surface area (Å²) < 4.78 is 0. The van der Waals surface area contributed by atoms with Crippen LogP contribution in [0.2, 0.25) is 10.4 Å². The molecular formula is C77H116BNSi. The zero-order chi connectivity index (χ0) is 61.7. The Balaban J connectivity index is 0.000000529. The minimum absolute atomic E-state index is 0.0582. The number of hydrogen-bond acceptors (Lipinski definition) is 1. The summed E-state index contributed by atoms with van der Waals surface area (Å²) in [5.41, 5.74) is 15.3. The highest BCUT2D eigenvalue weighted by Crippen LogP contribution is 2.38. The number of aryl methyl sites for hydroxylation is 6. The molecule has 0 aliphatic heterocycles. The van der Waals surface area contributed by atoms with Gasteiger partial charge < -0.3 is 4.90 Å². The van der Waals surface area contributed by atoms with Crippen molar-refractivity contribution in [3.63, 3.8) is 0 Å². The van der Waals surface area contributed by atoms with Crippen LogP contribution >= 0.6 is 0 Å². The molecule has 0 radical (unpaired) electrons. The fourth-order valence-electron chi connectivity index (χ4n) is 10.2. The van der Waals surface area contributed by atoms with Gasteiger partial charge in [-0.2, -0.15) is 0 Å². The molecule has 7 aromatic rings. The molecule has 0 N–H and O–H groups in total. The molecule has 0 heterocycles. The minimum atomic E-state index is -2.13. The van der Waals surface area contributed by atoms with E-state index in [-0.39, 0.29) is 15.9 Å². The Kier molecular flexibility index (Phi) is 28.8. The highest BCUT2D eigenvalue weighted by atomic mass is 28.3. The molecule has 0 unspecified atom stereocenters. The fourth-order valence-corrected chi connectivity index (χ4v) is 15.9. The van der Waals surface area contributed by atoms with Gasteiger partial charge >= 0.3 is 0 Å². The van der Waals surface area contributed by atoms with E-state index in [9.17, 15) is 0 Å². The Morgan fingerprint density at radius 3 is 0.713 bits per heavy atom. The molecule has 0 fully saturated rings. The fraction of sp³-hybridized carbons (Fsp3) is 0.455. The van der Waals surface area contributed by atoms with Gasteiger partial charge in [0, 0.05) is 16.9 Å². The van der Waals surface area contributed by atoms with Crippen molar-refractivity contribution < 1.29 is 0 Å². The molecule has 0 amide bonds. The van der Waals surface area contributed by atoms with E-state index < -0.39 is 8.07 Å². The molecule has 0 spiro atoms. The third-order valence-corrected chi connectivity index (χ3v) is 20.5. The molecule has 1 nitrogen and oxygen atoms in total. The maximum absolute atomic E-state index is 2.40. The average Bonchev–Trinajstić information content (AvgIpc) is 3.34. The van der Waals surface area contributed by atoms with Crippen LogP contribution in [0.4, 0.5) is 11.4 Å². The van der Waals surface area contributed by atoms with E-state index in [4.69, 9.17) is 0 Å². The van der Waals surface area contributed by atoms with Crippen molar-refractivity contribution in [2.24, 2.45) is 16.2 Å². The monoisotopic (exact) mass is 1090 g/mol. The van der Waals surface area contributed by atoms with Crippen molar-refractivity contribution in [2.45, 2.75) is 217 Å². The number of benzene rings is 7. The third kappa shape index (κ3) is 21.8. The van der Waals surface area contributed by atoms with Gasteiger partial charge in [-0.3, -0.25) is 0 Å². The number of rotatable bonds is 7. The first-order valence-electron chi connectivity index (χ1n) is 30.1. The molecule has 0 saturated carbocycles. The minimum Gasteiger partial charge on any atom is -0.336 e. The van der Waals surface area contributed by atoms with E-state index in [1.165, 1.54) is 71.2 Å². The Morgan fingerprint density at radius 1 is 0.325 bits per heavy atom. The van der Waals surface area contributed by atoms with Crippen molar-refractivity contribution in [2.75, 3.05) is 4.90 Å². The van der Waals surface area contributed by atoms with E-state index >= 15 is 0 Å². The van der Waals surface area contributed by atoms with E-state index in [1.54, 1.807) is 0 Å². The molecule has 0 saturated heterocycles. The maximum atomic E-state index is 2.40. The van der Waals surface area contributed by atoms with Crippen molar-refractivity contribution >= 4 is 52.6 Å². The van der Waals surface area contributed by atoms with Gasteiger partial charge in [-0.1, -0.05) is 340 Å². The Morgan fingerprint density at radius 2 is 0.537 bits per heavy atom. The molecule has 0 bridgehead atoms. The second kappa shape index (κ2) is 31.7. The normalized spacial score (nSPS) is 11.6. The Hall–Kier alpha value is -5.38. The van der Waals surface area contributed by atoms with Crippen LogP contribution in [0.1, 0.15) is 193 Å². The summed E-state index contributed by atoms with van der Waals surface area (Å²) in [7, 11) is -2.13. The third-order valence-electron chi connectivity index (χ3n) is 14.6. The average molecular weight is 1090 g/mol. The quantitative estimate of drug-likeness (QED) is 0.114. The van der Waals surface area contributed by atoms with Crippen LogP contribution in [0.5, 0.6) is 0 Å². The molecule has 3 heteroatoms. The van der Waals surface area contributed by atoms with E-state index in [2.05, 4.69) is 354 Å². The smallest absolute Gasteiger partial charge is 0.216 e. The van der Waals surface area contributed by atoms with Crippen molar-refractivity contribution in [3.05, 3.63) is 209 Å².